The minimum absolute atomic E-state index is 0.668. The highest BCUT2D eigenvalue weighted by molar-refractivity contribution is 14.1. The van der Waals surface area contributed by atoms with Gasteiger partial charge < -0.3 is 25.3 Å². The SMILES string of the molecule is [3H]N(I)B(B(B([B])[B])B([B])[B])B(B([B])[B])B([B])B([B-])[B-]. The van der Waals surface area contributed by atoms with Gasteiger partial charge >= 0.3 is 0 Å². The van der Waals surface area contributed by atoms with Crippen LogP contribution in [0.2, 0.25) is 1.41 Å². The monoisotopic (exact) mass is 331 g/mol. The lowest BCUT2D eigenvalue weighted by molar-refractivity contribution is 1.79. The average molecular weight is 328 g/mol. The Bertz CT molecular complexity index is 256. The maximum atomic E-state index is 7.86. The van der Waals surface area contributed by atoms with Crippen LogP contribution in [0.4, 0.5) is 0 Å². The van der Waals surface area contributed by atoms with Crippen LogP contribution in [0.25, 0.3) is 0 Å². The molecule has 1 N–H and O–H groups in total. The molecule has 0 fully saturated rings. The molecule has 0 aromatic heterocycles. The lowest BCUT2D eigenvalue weighted by atomic mass is 8.47. The summed E-state index contributed by atoms with van der Waals surface area (Å²) in [5.74, 6) is 0. The summed E-state index contributed by atoms with van der Waals surface area (Å²) in [6.45, 7) is -0.708. The zero-order valence-corrected chi connectivity index (χ0v) is 12.8. The van der Waals surface area contributed by atoms with Crippen molar-refractivity contribution in [2.24, 2.45) is 0 Å². The Morgan fingerprint density at radius 3 is 1.42 bits per heavy atom. The first kappa shape index (κ1) is 18.8. The standard InChI is InChI=1S/B17HIN/c1-10(2)14(9)16(13(7)8)17(19-18)15(11(3)4)12(5)6/h19H/q-2/i/hT. The molecule has 19 heteroatoms. The van der Waals surface area contributed by atoms with Crippen LogP contribution in [-0.2, 0) is 0 Å². The van der Waals surface area contributed by atoms with Crippen molar-refractivity contribution in [3.05, 3.63) is 0 Å². The van der Waals surface area contributed by atoms with E-state index in [1.54, 1.807) is 22.9 Å². The smallest absolute Gasteiger partial charge is 0.129 e. The highest BCUT2D eigenvalue weighted by atomic mass is 127. The van der Waals surface area contributed by atoms with Crippen molar-refractivity contribution in [3.63, 3.8) is 0 Å². The van der Waals surface area contributed by atoms with E-state index >= 15 is 0 Å². The fourth-order valence-electron chi connectivity index (χ4n) is 2.07. The van der Waals surface area contributed by atoms with E-state index in [1.807, 2.05) is 0 Å². The van der Waals surface area contributed by atoms with E-state index in [-0.39, 0.29) is 0 Å². The van der Waals surface area contributed by atoms with Crippen molar-refractivity contribution in [3.8, 4) is 0 Å². The summed E-state index contributed by atoms with van der Waals surface area (Å²) in [5, 5.41) is 0. The number of halogens is 1. The molecule has 0 heterocycles. The lowest BCUT2D eigenvalue weighted by Crippen LogP contribution is -2.78. The molecule has 20 radical (unpaired) electrons. The van der Waals surface area contributed by atoms with Gasteiger partial charge in [-0.3, -0.25) is 0 Å². The van der Waals surface area contributed by atoms with Gasteiger partial charge in [-0.1, -0.05) is 6.39 Å². The Kier molecular flexibility index (Phi) is 9.66. The molecule has 0 aliphatic heterocycles. The summed E-state index contributed by atoms with van der Waals surface area (Å²) in [7, 11) is 51.5. The Morgan fingerprint density at radius 2 is 1.21 bits per heavy atom. The Morgan fingerprint density at radius 1 is 0.842 bits per heavy atom. The first-order valence-electron chi connectivity index (χ1n) is 6.21. The number of rotatable bonds is 8. The van der Waals surface area contributed by atoms with Gasteiger partial charge in [-0.25, -0.2) is 0 Å². The van der Waals surface area contributed by atoms with Gasteiger partial charge in [-0.2, -0.15) is 0 Å². The summed E-state index contributed by atoms with van der Waals surface area (Å²) >= 11 is 1.72. The maximum absolute atomic E-state index is 7.86. The normalized spacial score (nSPS) is 10.4. The van der Waals surface area contributed by atoms with E-state index in [0.29, 0.717) is 0 Å². The topological polar surface area (TPSA) is 12.0 Å². The largest absolute Gasteiger partial charge is 0.729 e. The first-order chi connectivity index (χ1) is 9.02. The fourth-order valence-corrected chi connectivity index (χ4v) is 2.81. The molecule has 0 spiro atoms. The number of hydrogen-bond acceptors (Lipinski definition) is 1. The van der Waals surface area contributed by atoms with E-state index < -0.39 is 51.3 Å². The maximum Gasteiger partial charge on any atom is 0.129 e. The first-order valence-corrected chi connectivity index (χ1v) is 6.73. The molecule has 66 valence electrons. The number of hydrogen-bond donors (Lipinski definition) is 1. The third-order valence-electron chi connectivity index (χ3n) is 3.12. The Labute approximate surface area is 148 Å². The van der Waals surface area contributed by atoms with Crippen molar-refractivity contribution in [1.29, 1.82) is 0 Å². The van der Waals surface area contributed by atoms with Crippen LogP contribution in [0.3, 0.4) is 0 Å². The van der Waals surface area contributed by atoms with Crippen LogP contribution in [0.15, 0.2) is 0 Å². The van der Waals surface area contributed by atoms with Crippen molar-refractivity contribution >= 4 is 144 Å². The van der Waals surface area contributed by atoms with Crippen LogP contribution < -0.4 is 3.43 Å². The molecule has 0 bridgehead atoms. The molecule has 0 aromatic carbocycles. The summed E-state index contributed by atoms with van der Waals surface area (Å²) in [6.07, 6.45) is -5.66. The second-order valence-electron chi connectivity index (χ2n) is 4.63. The molecule has 1 nitrogen and oxygen atoms in total. The zero-order chi connectivity index (χ0) is 16.2. The van der Waals surface area contributed by atoms with Gasteiger partial charge in [0.1, 0.15) is 8.04 Å². The van der Waals surface area contributed by atoms with Crippen molar-refractivity contribution in [2.45, 2.75) is 0 Å². The van der Waals surface area contributed by atoms with Crippen LogP contribution in [0.1, 0.15) is 0 Å². The van der Waals surface area contributed by atoms with Crippen LogP contribution in [0.5, 0.6) is 0 Å². The molecule has 0 unspecified atom stereocenters. The highest BCUT2D eigenvalue weighted by Crippen LogP contribution is 2.03. The van der Waals surface area contributed by atoms with Gasteiger partial charge in [0.25, 0.3) is 0 Å². The summed E-state index contributed by atoms with van der Waals surface area (Å²) in [5.41, 5.74) is 0. The van der Waals surface area contributed by atoms with E-state index in [0.717, 1.165) is 3.43 Å². The van der Waals surface area contributed by atoms with Crippen molar-refractivity contribution in [1.82, 2.24) is 3.43 Å². The number of nitrogens with one attached hydrogen (secondary N) is 1. The van der Waals surface area contributed by atoms with Crippen LogP contribution >= 0.6 is 22.9 Å². The molecule has 0 aromatic rings. The van der Waals surface area contributed by atoms with E-state index in [9.17, 15) is 0 Å². The third-order valence-corrected chi connectivity index (χ3v) is 3.77. The zero-order valence-electron chi connectivity index (χ0n) is 11.6. The van der Waals surface area contributed by atoms with E-state index in [2.05, 4.69) is 0 Å². The Balaban J connectivity index is 5.59. The van der Waals surface area contributed by atoms with Gasteiger partial charge in [-0.05, 0) is 7.74 Å². The molecule has 0 atom stereocenters. The molecular weight excluding hydrogens is 325 g/mol. The minimum atomic E-state index is -0.896. The molecule has 0 aliphatic rings. The predicted molar refractivity (Wildman–Crippen MR) is 115 cm³/mol. The second kappa shape index (κ2) is 9.74. The molecule has 0 saturated carbocycles. The van der Waals surface area contributed by atoms with Crippen molar-refractivity contribution < 1.29 is 1.41 Å². The quantitative estimate of drug-likeness (QED) is 0.266. The minimum Gasteiger partial charge on any atom is -0.729 e. The summed E-state index contributed by atoms with van der Waals surface area (Å²) in [4.78, 5) is 0. The molecule has 0 rings (SSSR count). The molecule has 19 heavy (non-hydrogen) atoms. The van der Waals surface area contributed by atoms with Crippen LogP contribution in [-0.4, -0.2) is 121 Å². The van der Waals surface area contributed by atoms with Gasteiger partial charge in [0.2, 0.25) is 0 Å². The van der Waals surface area contributed by atoms with Crippen LogP contribution in [0, 0.1) is 0 Å². The molecule has 0 amide bonds. The van der Waals surface area contributed by atoms with E-state index in [1.165, 1.54) is 0 Å². The van der Waals surface area contributed by atoms with Gasteiger partial charge in [0.15, 0.2) is 0 Å². The third kappa shape index (κ3) is 6.20. The van der Waals surface area contributed by atoms with Gasteiger partial charge in [0, 0.05) is 101 Å². The molecule has 0 saturated heterocycles. The van der Waals surface area contributed by atoms with Gasteiger partial charge in [-0.15, -0.1) is 0 Å². The molecule has 0 aliphatic carbocycles. The van der Waals surface area contributed by atoms with Gasteiger partial charge in [0.05, 0.1) is 0 Å². The Hall–Kier alpha value is 1.79. The highest BCUT2D eigenvalue weighted by Gasteiger charge is 2.41. The van der Waals surface area contributed by atoms with E-state index in [4.69, 9.17) is 71.0 Å². The second-order valence-corrected chi connectivity index (χ2v) is 5.19. The molecular formula is HB17IN-2. The summed E-state index contributed by atoms with van der Waals surface area (Å²) in [6, 6.07) is 0. The average Bonchev–Trinajstić information content (AvgIpc) is 2.25. The van der Waals surface area contributed by atoms with Crippen molar-refractivity contribution in [2.75, 3.05) is 0 Å². The lowest BCUT2D eigenvalue weighted by Gasteiger charge is -2.48. The summed E-state index contributed by atoms with van der Waals surface area (Å²) < 4.78 is 8.92. The fraction of sp³-hybridized carbons (Fsp3) is 0. The predicted octanol–water partition coefficient (Wildman–Crippen LogP) is -6.08.